The molecule has 1 saturated heterocycles. The molecule has 1 N–H and O–H groups in total. The van der Waals surface area contributed by atoms with E-state index in [1.807, 2.05) is 0 Å². The smallest absolute Gasteiger partial charge is 0.0834 e. The second-order valence-electron chi connectivity index (χ2n) is 5.88. The third-order valence-electron chi connectivity index (χ3n) is 3.24. The van der Waals surface area contributed by atoms with Gasteiger partial charge in [-0.1, -0.05) is 6.07 Å². The Bertz CT molecular complexity index is 414. The van der Waals surface area contributed by atoms with Crippen LogP contribution in [0.15, 0.2) is 24.3 Å². The van der Waals surface area contributed by atoms with Crippen LogP contribution in [0.4, 0.5) is 5.69 Å². The summed E-state index contributed by atoms with van der Waals surface area (Å²) >= 11 is 2.34. The lowest BCUT2D eigenvalue weighted by molar-refractivity contribution is -0.0662. The van der Waals surface area contributed by atoms with Crippen molar-refractivity contribution in [3.63, 3.8) is 0 Å². The first-order valence-corrected chi connectivity index (χ1v) is 7.09. The van der Waals surface area contributed by atoms with Crippen molar-refractivity contribution in [1.29, 1.82) is 0 Å². The monoisotopic (exact) mass is 345 g/mol. The highest BCUT2D eigenvalue weighted by atomic mass is 127. The molecule has 0 aliphatic carbocycles. The van der Waals surface area contributed by atoms with Gasteiger partial charge in [-0.3, -0.25) is 0 Å². The molecular formula is C14H20INO. The minimum absolute atomic E-state index is 0.0386. The molecule has 1 heterocycles. The molecular weight excluding hydrogens is 325 g/mol. The maximum absolute atomic E-state index is 6.09. The summed E-state index contributed by atoms with van der Waals surface area (Å²) in [6.45, 7) is 8.64. The lowest BCUT2D eigenvalue weighted by Crippen LogP contribution is -2.38. The van der Waals surface area contributed by atoms with Crippen molar-refractivity contribution in [2.75, 3.05) is 5.32 Å². The predicted molar refractivity (Wildman–Crippen MR) is 80.4 cm³/mol. The van der Waals surface area contributed by atoms with Crippen molar-refractivity contribution in [3.8, 4) is 0 Å². The summed E-state index contributed by atoms with van der Waals surface area (Å²) in [6, 6.07) is 8.82. The second kappa shape index (κ2) is 4.43. The zero-order valence-electron chi connectivity index (χ0n) is 10.9. The van der Waals surface area contributed by atoms with Gasteiger partial charge in [0.25, 0.3) is 0 Å². The highest BCUT2D eigenvalue weighted by Crippen LogP contribution is 2.38. The van der Waals surface area contributed by atoms with Crippen molar-refractivity contribution in [2.24, 2.45) is 0 Å². The highest BCUT2D eigenvalue weighted by Gasteiger charge is 2.45. The summed E-state index contributed by atoms with van der Waals surface area (Å²) in [6.07, 6.45) is 1.03. The van der Waals surface area contributed by atoms with Crippen LogP contribution in [-0.2, 0) is 4.74 Å². The van der Waals surface area contributed by atoms with Crippen molar-refractivity contribution in [3.05, 3.63) is 27.8 Å². The van der Waals surface area contributed by atoms with E-state index in [1.54, 1.807) is 0 Å². The average molecular weight is 345 g/mol. The number of anilines is 1. The first kappa shape index (κ1) is 13.1. The van der Waals surface area contributed by atoms with Gasteiger partial charge in [-0.15, -0.1) is 0 Å². The number of benzene rings is 1. The van der Waals surface area contributed by atoms with Crippen LogP contribution in [0, 0.1) is 3.57 Å². The molecule has 1 atom stereocenters. The van der Waals surface area contributed by atoms with Crippen LogP contribution in [0.5, 0.6) is 0 Å². The van der Waals surface area contributed by atoms with E-state index in [2.05, 4.69) is 79.9 Å². The number of ether oxygens (including phenoxy) is 1. The SMILES string of the molecule is CC1(C)CC(Nc2cccc(I)c2)C(C)(C)O1. The van der Waals surface area contributed by atoms with Crippen LogP contribution >= 0.6 is 22.6 Å². The normalized spacial score (nSPS) is 25.8. The average Bonchev–Trinajstić information content (AvgIpc) is 2.34. The number of hydrogen-bond acceptors (Lipinski definition) is 2. The van der Waals surface area contributed by atoms with E-state index >= 15 is 0 Å². The Labute approximate surface area is 117 Å². The number of halogens is 1. The van der Waals surface area contributed by atoms with Gasteiger partial charge in [0, 0.05) is 9.26 Å². The van der Waals surface area contributed by atoms with Gasteiger partial charge in [0.15, 0.2) is 0 Å². The Balaban J connectivity index is 2.14. The molecule has 94 valence electrons. The van der Waals surface area contributed by atoms with Gasteiger partial charge in [-0.25, -0.2) is 0 Å². The Hall–Kier alpha value is -0.290. The summed E-state index contributed by atoms with van der Waals surface area (Å²) in [5.74, 6) is 0. The summed E-state index contributed by atoms with van der Waals surface area (Å²) < 4.78 is 7.34. The third kappa shape index (κ3) is 3.13. The van der Waals surface area contributed by atoms with Gasteiger partial charge in [-0.05, 0) is 74.9 Å². The van der Waals surface area contributed by atoms with E-state index in [4.69, 9.17) is 4.74 Å². The largest absolute Gasteiger partial charge is 0.379 e. The van der Waals surface area contributed by atoms with Crippen molar-refractivity contribution in [1.82, 2.24) is 0 Å². The molecule has 0 bridgehead atoms. The Morgan fingerprint density at radius 1 is 1.29 bits per heavy atom. The van der Waals surface area contributed by atoms with E-state index < -0.39 is 0 Å². The number of hydrogen-bond donors (Lipinski definition) is 1. The van der Waals surface area contributed by atoms with Gasteiger partial charge in [0.1, 0.15) is 0 Å². The molecule has 1 unspecified atom stereocenters. The molecule has 1 aromatic carbocycles. The van der Waals surface area contributed by atoms with E-state index in [-0.39, 0.29) is 11.2 Å². The zero-order valence-corrected chi connectivity index (χ0v) is 13.0. The van der Waals surface area contributed by atoms with Crippen LogP contribution in [0.2, 0.25) is 0 Å². The fourth-order valence-electron chi connectivity index (χ4n) is 2.57. The zero-order chi connectivity index (χ0) is 12.7. The molecule has 0 radical (unpaired) electrons. The summed E-state index contributed by atoms with van der Waals surface area (Å²) in [7, 11) is 0. The van der Waals surface area contributed by atoms with Gasteiger partial charge in [-0.2, -0.15) is 0 Å². The van der Waals surface area contributed by atoms with Crippen LogP contribution in [-0.4, -0.2) is 17.2 Å². The molecule has 1 aromatic rings. The minimum atomic E-state index is -0.120. The van der Waals surface area contributed by atoms with Crippen molar-refractivity contribution >= 4 is 28.3 Å². The third-order valence-corrected chi connectivity index (χ3v) is 3.91. The van der Waals surface area contributed by atoms with E-state index in [9.17, 15) is 0 Å². The first-order chi connectivity index (χ1) is 7.78. The molecule has 2 nitrogen and oxygen atoms in total. The topological polar surface area (TPSA) is 21.3 Å². The molecule has 1 aliphatic rings. The van der Waals surface area contributed by atoms with Crippen LogP contribution < -0.4 is 5.32 Å². The second-order valence-corrected chi connectivity index (χ2v) is 7.12. The number of nitrogens with one attached hydrogen (secondary N) is 1. The van der Waals surface area contributed by atoms with E-state index in [0.29, 0.717) is 6.04 Å². The quantitative estimate of drug-likeness (QED) is 0.817. The fraction of sp³-hybridized carbons (Fsp3) is 0.571. The standard InChI is InChI=1S/C14H20INO/c1-13(2)9-12(14(3,4)17-13)16-11-7-5-6-10(15)8-11/h5-8,12,16H,9H2,1-4H3. The Kier molecular flexibility index (Phi) is 3.42. The predicted octanol–water partition coefficient (Wildman–Crippen LogP) is 4.05. The molecule has 3 heteroatoms. The van der Waals surface area contributed by atoms with Gasteiger partial charge in [0.05, 0.1) is 17.2 Å². The first-order valence-electron chi connectivity index (χ1n) is 6.01. The van der Waals surface area contributed by atoms with Crippen molar-refractivity contribution in [2.45, 2.75) is 51.4 Å². The lowest BCUT2D eigenvalue weighted by atomic mass is 9.94. The minimum Gasteiger partial charge on any atom is -0.379 e. The molecule has 2 rings (SSSR count). The Morgan fingerprint density at radius 2 is 2.00 bits per heavy atom. The molecule has 0 amide bonds. The maximum atomic E-state index is 6.09. The van der Waals surface area contributed by atoms with Crippen molar-refractivity contribution < 1.29 is 4.74 Å². The van der Waals surface area contributed by atoms with Gasteiger partial charge in [0.2, 0.25) is 0 Å². The molecule has 1 fully saturated rings. The summed E-state index contributed by atoms with van der Waals surface area (Å²) in [5, 5.41) is 3.60. The highest BCUT2D eigenvalue weighted by molar-refractivity contribution is 14.1. The fourth-order valence-corrected chi connectivity index (χ4v) is 3.11. The van der Waals surface area contributed by atoms with E-state index in [0.717, 1.165) is 6.42 Å². The molecule has 17 heavy (non-hydrogen) atoms. The number of rotatable bonds is 2. The van der Waals surface area contributed by atoms with E-state index in [1.165, 1.54) is 9.26 Å². The maximum Gasteiger partial charge on any atom is 0.0834 e. The van der Waals surface area contributed by atoms with Gasteiger partial charge >= 0.3 is 0 Å². The summed E-state index contributed by atoms with van der Waals surface area (Å²) in [4.78, 5) is 0. The van der Waals surface area contributed by atoms with Crippen LogP contribution in [0.25, 0.3) is 0 Å². The van der Waals surface area contributed by atoms with Gasteiger partial charge < -0.3 is 10.1 Å². The van der Waals surface area contributed by atoms with Crippen LogP contribution in [0.3, 0.4) is 0 Å². The Morgan fingerprint density at radius 3 is 2.53 bits per heavy atom. The molecule has 0 aromatic heterocycles. The van der Waals surface area contributed by atoms with Crippen LogP contribution in [0.1, 0.15) is 34.1 Å². The molecule has 0 spiro atoms. The summed E-state index contributed by atoms with van der Waals surface area (Å²) in [5.41, 5.74) is 1.02. The molecule has 0 saturated carbocycles. The molecule has 1 aliphatic heterocycles. The lowest BCUT2D eigenvalue weighted by Gasteiger charge is -2.28.